The van der Waals surface area contributed by atoms with Crippen LogP contribution in [0, 0.1) is 29.6 Å². The van der Waals surface area contributed by atoms with Gasteiger partial charge in [-0.2, -0.15) is 0 Å². The Morgan fingerprint density at radius 2 is 1.82 bits per heavy atom. The summed E-state index contributed by atoms with van der Waals surface area (Å²) in [6, 6.07) is 1.04. The molecular formula is C31H51N3O6. The molecule has 0 bridgehead atoms. The number of ether oxygens (including phenoxy) is 3. The van der Waals surface area contributed by atoms with Crippen LogP contribution in [-0.4, -0.2) is 97.8 Å². The number of amides is 2. The highest BCUT2D eigenvalue weighted by molar-refractivity contribution is 5.83. The van der Waals surface area contributed by atoms with Crippen LogP contribution in [-0.2, 0) is 23.8 Å². The van der Waals surface area contributed by atoms with E-state index in [2.05, 4.69) is 15.5 Å². The quantitative estimate of drug-likeness (QED) is 0.417. The molecule has 11 atom stereocenters. The summed E-state index contributed by atoms with van der Waals surface area (Å²) in [5, 5.41) is 16.3. The largest absolute Gasteiger partial charge is 0.396 e. The molecule has 6 fully saturated rings. The summed E-state index contributed by atoms with van der Waals surface area (Å²) in [6.07, 6.45) is 10.1. The number of rotatable bonds is 8. The molecule has 3 heterocycles. The molecule has 6 rings (SSSR count). The lowest BCUT2D eigenvalue weighted by atomic mass is 9.64. The highest BCUT2D eigenvalue weighted by Crippen LogP contribution is 2.54. The lowest BCUT2D eigenvalue weighted by Gasteiger charge is -2.55. The van der Waals surface area contributed by atoms with E-state index in [0.29, 0.717) is 29.7 Å². The maximum Gasteiger partial charge on any atom is 0.249 e. The van der Waals surface area contributed by atoms with Crippen molar-refractivity contribution < 1.29 is 28.9 Å². The van der Waals surface area contributed by atoms with E-state index in [-0.39, 0.29) is 60.8 Å². The number of aliphatic hydroxyl groups is 1. The van der Waals surface area contributed by atoms with Gasteiger partial charge < -0.3 is 34.9 Å². The second-order valence-corrected chi connectivity index (χ2v) is 13.6. The van der Waals surface area contributed by atoms with Crippen molar-refractivity contribution in [3.8, 4) is 0 Å². The molecule has 0 radical (unpaired) electrons. The van der Waals surface area contributed by atoms with E-state index in [0.717, 1.165) is 77.2 Å². The minimum atomic E-state index is -0.473. The average molecular weight is 562 g/mol. The van der Waals surface area contributed by atoms with Crippen LogP contribution >= 0.6 is 0 Å². The smallest absolute Gasteiger partial charge is 0.249 e. The second kappa shape index (κ2) is 12.2. The van der Waals surface area contributed by atoms with Gasteiger partial charge in [0.25, 0.3) is 0 Å². The van der Waals surface area contributed by atoms with Gasteiger partial charge in [-0.05, 0) is 108 Å². The van der Waals surface area contributed by atoms with Gasteiger partial charge in [-0.1, -0.05) is 0 Å². The van der Waals surface area contributed by atoms with E-state index in [4.69, 9.17) is 14.2 Å². The van der Waals surface area contributed by atoms with Crippen LogP contribution in [0.15, 0.2) is 0 Å². The molecule has 3 saturated heterocycles. The molecular weight excluding hydrogens is 510 g/mol. The molecule has 0 aromatic rings. The maximum absolute atomic E-state index is 14.2. The lowest BCUT2D eigenvalue weighted by Crippen LogP contribution is -2.70. The number of nitrogens with zero attached hydrogens (tertiary/aromatic N) is 1. The fourth-order valence-electron chi connectivity index (χ4n) is 9.91. The maximum atomic E-state index is 14.2. The zero-order valence-corrected chi connectivity index (χ0v) is 24.6. The summed E-state index contributed by atoms with van der Waals surface area (Å²) in [4.78, 5) is 29.5. The number of fused-ring (bicyclic) bond motifs is 5. The number of methoxy groups -OCH3 is 2. The molecule has 3 N–H and O–H groups in total. The molecule has 3 aliphatic carbocycles. The molecule has 0 aromatic heterocycles. The molecule has 11 unspecified atom stereocenters. The first kappa shape index (κ1) is 28.8. The van der Waals surface area contributed by atoms with Crippen LogP contribution in [0.3, 0.4) is 0 Å². The summed E-state index contributed by atoms with van der Waals surface area (Å²) in [5.41, 5.74) is 0. The van der Waals surface area contributed by atoms with Crippen LogP contribution in [0.1, 0.15) is 77.6 Å². The van der Waals surface area contributed by atoms with Crippen LogP contribution in [0.4, 0.5) is 0 Å². The van der Waals surface area contributed by atoms with Crippen LogP contribution in [0.25, 0.3) is 0 Å². The third-order valence-corrected chi connectivity index (χ3v) is 11.7. The number of carbonyl (C=O) groups excluding carboxylic acids is 2. The van der Waals surface area contributed by atoms with Crippen molar-refractivity contribution >= 4 is 11.8 Å². The van der Waals surface area contributed by atoms with Gasteiger partial charge >= 0.3 is 0 Å². The Morgan fingerprint density at radius 1 is 1.02 bits per heavy atom. The van der Waals surface area contributed by atoms with Crippen molar-refractivity contribution in [2.75, 3.05) is 27.4 Å². The Bertz CT molecular complexity index is 912. The summed E-state index contributed by atoms with van der Waals surface area (Å²) >= 11 is 0. The van der Waals surface area contributed by atoms with Crippen molar-refractivity contribution in [2.24, 2.45) is 29.6 Å². The van der Waals surface area contributed by atoms with E-state index in [1.54, 1.807) is 14.2 Å². The van der Waals surface area contributed by atoms with Crippen LogP contribution in [0.2, 0.25) is 0 Å². The van der Waals surface area contributed by atoms with E-state index in [1.807, 2.05) is 6.92 Å². The Balaban J connectivity index is 1.10. The van der Waals surface area contributed by atoms with Gasteiger partial charge in [-0.15, -0.1) is 0 Å². The van der Waals surface area contributed by atoms with Gasteiger partial charge in [-0.3, -0.25) is 9.59 Å². The van der Waals surface area contributed by atoms with Crippen LogP contribution in [0.5, 0.6) is 0 Å². The molecule has 0 spiro atoms. The van der Waals surface area contributed by atoms with Crippen molar-refractivity contribution in [3.63, 3.8) is 0 Å². The summed E-state index contributed by atoms with van der Waals surface area (Å²) < 4.78 is 18.2. The van der Waals surface area contributed by atoms with Gasteiger partial charge in [0, 0.05) is 39.0 Å². The third-order valence-electron chi connectivity index (χ3n) is 11.7. The number of hydrogen-bond acceptors (Lipinski definition) is 7. The van der Waals surface area contributed by atoms with Crippen molar-refractivity contribution in [3.05, 3.63) is 0 Å². The lowest BCUT2D eigenvalue weighted by molar-refractivity contribution is -0.175. The van der Waals surface area contributed by atoms with Crippen molar-refractivity contribution in [2.45, 2.75) is 126 Å². The highest BCUT2D eigenvalue weighted by Gasteiger charge is 2.64. The van der Waals surface area contributed by atoms with E-state index < -0.39 is 6.10 Å². The highest BCUT2D eigenvalue weighted by atomic mass is 16.5. The minimum Gasteiger partial charge on any atom is -0.396 e. The summed E-state index contributed by atoms with van der Waals surface area (Å²) in [7, 11) is 3.46. The molecule has 40 heavy (non-hydrogen) atoms. The number of nitrogens with one attached hydrogen (secondary N) is 2. The number of carbonyl (C=O) groups is 2. The molecule has 9 heteroatoms. The fraction of sp³-hybridized carbons (Fsp3) is 0.935. The first-order chi connectivity index (χ1) is 19.4. The second-order valence-electron chi connectivity index (χ2n) is 13.6. The predicted molar refractivity (Wildman–Crippen MR) is 149 cm³/mol. The Labute approximate surface area is 239 Å². The van der Waals surface area contributed by atoms with E-state index >= 15 is 0 Å². The average Bonchev–Trinajstić information content (AvgIpc) is 3.31. The van der Waals surface area contributed by atoms with Crippen molar-refractivity contribution in [1.29, 1.82) is 0 Å². The van der Waals surface area contributed by atoms with Gasteiger partial charge in [0.1, 0.15) is 6.10 Å². The molecule has 2 amide bonds. The molecule has 6 aliphatic rings. The Kier molecular flexibility index (Phi) is 8.76. The SMILES string of the molecule is COC1CCC2C3NCCC4C5CC(OC(C)C(=O)NC6CCC(CCO)CC6)CCC5N(C(=O)C2C1OC)C43. The Hall–Kier alpha value is -1.26. The Morgan fingerprint density at radius 3 is 2.55 bits per heavy atom. The minimum absolute atomic E-state index is 0.00365. The first-order valence-corrected chi connectivity index (χ1v) is 16.1. The molecule has 9 nitrogen and oxygen atoms in total. The zero-order valence-electron chi connectivity index (χ0n) is 24.6. The number of aliphatic hydroxyl groups excluding tert-OH is 1. The standard InChI is InChI=1S/C31H51N3O6/c1-17(30(36)33-19-6-4-18(5-7-19)13-15-35)40-20-8-10-24-23(16-20)21-12-14-32-27-22-9-11-25(38-2)29(39-3)26(22)31(37)34(24)28(21)27/h17-29,32,35H,4-16H2,1-3H3,(H,33,36). The topological polar surface area (TPSA) is 109 Å². The molecule has 3 saturated carbocycles. The molecule has 0 aromatic carbocycles. The van der Waals surface area contributed by atoms with E-state index in [9.17, 15) is 14.7 Å². The predicted octanol–water partition coefficient (Wildman–Crippen LogP) is 2.24. The number of hydrogen-bond donors (Lipinski definition) is 3. The monoisotopic (exact) mass is 561 g/mol. The summed E-state index contributed by atoms with van der Waals surface area (Å²) in [5.74, 6) is 1.92. The van der Waals surface area contributed by atoms with Gasteiger partial charge in [0.05, 0.1) is 30.3 Å². The zero-order chi connectivity index (χ0) is 28.0. The van der Waals surface area contributed by atoms with Gasteiger partial charge in [-0.25, -0.2) is 0 Å². The van der Waals surface area contributed by atoms with Gasteiger partial charge in [0.2, 0.25) is 11.8 Å². The van der Waals surface area contributed by atoms with E-state index in [1.165, 1.54) is 0 Å². The van der Waals surface area contributed by atoms with Crippen molar-refractivity contribution in [1.82, 2.24) is 15.5 Å². The first-order valence-electron chi connectivity index (χ1n) is 16.1. The van der Waals surface area contributed by atoms with Gasteiger partial charge in [0.15, 0.2) is 0 Å². The summed E-state index contributed by atoms with van der Waals surface area (Å²) in [6.45, 7) is 3.14. The van der Waals surface area contributed by atoms with Crippen LogP contribution < -0.4 is 10.6 Å². The number of piperidine rings is 2. The fourth-order valence-corrected chi connectivity index (χ4v) is 9.91. The third kappa shape index (κ3) is 5.12. The molecule has 3 aliphatic heterocycles. The molecule has 226 valence electrons. The normalized spacial score (nSPS) is 45.3.